The molecule has 2 unspecified atom stereocenters. The molecule has 0 heterocycles. The zero-order valence-corrected chi connectivity index (χ0v) is 13.8. The van der Waals surface area contributed by atoms with Crippen LogP contribution in [-0.4, -0.2) is 25.4 Å². The van der Waals surface area contributed by atoms with E-state index in [1.165, 1.54) is 25.7 Å². The Balaban J connectivity index is 2.01. The maximum absolute atomic E-state index is 5.44. The third-order valence-electron chi connectivity index (χ3n) is 4.08. The molecule has 0 aromatic heterocycles. The van der Waals surface area contributed by atoms with E-state index in [1.54, 1.807) is 14.2 Å². The first-order chi connectivity index (χ1) is 10.1. The van der Waals surface area contributed by atoms with Crippen molar-refractivity contribution in [3.8, 4) is 11.5 Å². The summed E-state index contributed by atoms with van der Waals surface area (Å²) in [7, 11) is 3.29. The van der Waals surface area contributed by atoms with Gasteiger partial charge in [-0.2, -0.15) is 0 Å². The molecule has 1 fully saturated rings. The Bertz CT molecular complexity index is 493. The summed E-state index contributed by atoms with van der Waals surface area (Å²) in [6, 6.07) is 6.07. The Morgan fingerprint density at radius 2 is 1.95 bits per heavy atom. The van der Waals surface area contributed by atoms with Gasteiger partial charge < -0.3 is 20.1 Å². The Kier molecular flexibility index (Phi) is 5.67. The van der Waals surface area contributed by atoms with Crippen molar-refractivity contribution < 1.29 is 9.47 Å². The highest BCUT2D eigenvalue weighted by Gasteiger charge is 2.21. The number of nitrogens with one attached hydrogen (secondary N) is 2. The van der Waals surface area contributed by atoms with Gasteiger partial charge in [0.15, 0.2) is 5.11 Å². The van der Waals surface area contributed by atoms with E-state index in [2.05, 4.69) is 17.6 Å². The van der Waals surface area contributed by atoms with Crippen LogP contribution in [-0.2, 0) is 0 Å². The van der Waals surface area contributed by atoms with Crippen LogP contribution in [0.1, 0.15) is 32.6 Å². The predicted octanol–water partition coefficient (Wildman–Crippen LogP) is 3.57. The van der Waals surface area contributed by atoms with Crippen molar-refractivity contribution in [2.75, 3.05) is 19.5 Å². The molecule has 1 aromatic carbocycles. The molecule has 1 aliphatic rings. The molecular weight excluding hydrogens is 284 g/mol. The minimum absolute atomic E-state index is 0.454. The smallest absolute Gasteiger partial charge is 0.171 e. The number of hydrogen-bond donors (Lipinski definition) is 2. The van der Waals surface area contributed by atoms with Gasteiger partial charge in [-0.1, -0.05) is 19.8 Å². The number of hydrogen-bond acceptors (Lipinski definition) is 3. The normalized spacial score (nSPS) is 21.5. The van der Waals surface area contributed by atoms with Gasteiger partial charge in [-0.15, -0.1) is 0 Å². The summed E-state index contributed by atoms with van der Waals surface area (Å²) in [6.45, 7) is 2.28. The standard InChI is InChI=1S/C16H24N2O2S/c1-11-6-4-5-7-13(11)17-16(21)18-14-10-12(19-2)8-9-15(14)20-3/h8-11,13H,4-7H2,1-3H3,(H2,17,18,21). The molecule has 1 aliphatic carbocycles. The fraction of sp³-hybridized carbons (Fsp3) is 0.562. The van der Waals surface area contributed by atoms with Gasteiger partial charge in [0.25, 0.3) is 0 Å². The summed E-state index contributed by atoms with van der Waals surface area (Å²) in [5, 5.41) is 7.29. The molecule has 2 rings (SSSR count). The maximum atomic E-state index is 5.44. The SMILES string of the molecule is COc1ccc(OC)c(NC(=S)NC2CCCCC2C)c1. The highest BCUT2D eigenvalue weighted by atomic mass is 32.1. The number of benzene rings is 1. The van der Waals surface area contributed by atoms with E-state index in [4.69, 9.17) is 21.7 Å². The summed E-state index contributed by atoms with van der Waals surface area (Å²) in [5.74, 6) is 2.18. The van der Waals surface area contributed by atoms with Crippen LogP contribution in [0.25, 0.3) is 0 Å². The second kappa shape index (κ2) is 7.50. The maximum Gasteiger partial charge on any atom is 0.171 e. The lowest BCUT2D eigenvalue weighted by Crippen LogP contribution is -2.43. The van der Waals surface area contributed by atoms with Crippen LogP contribution in [0.3, 0.4) is 0 Å². The van der Waals surface area contributed by atoms with Crippen LogP contribution in [0.5, 0.6) is 11.5 Å². The van der Waals surface area contributed by atoms with Crippen LogP contribution in [0.4, 0.5) is 5.69 Å². The van der Waals surface area contributed by atoms with E-state index in [-0.39, 0.29) is 0 Å². The summed E-state index contributed by atoms with van der Waals surface area (Å²) < 4.78 is 10.6. The Labute approximate surface area is 132 Å². The average Bonchev–Trinajstić information content (AvgIpc) is 2.49. The van der Waals surface area contributed by atoms with E-state index in [0.717, 1.165) is 17.2 Å². The van der Waals surface area contributed by atoms with Crippen molar-refractivity contribution in [2.45, 2.75) is 38.6 Å². The van der Waals surface area contributed by atoms with Crippen molar-refractivity contribution in [3.63, 3.8) is 0 Å². The minimum atomic E-state index is 0.454. The molecule has 1 aromatic rings. The van der Waals surface area contributed by atoms with Gasteiger partial charge >= 0.3 is 0 Å². The molecule has 4 nitrogen and oxygen atoms in total. The molecular formula is C16H24N2O2S. The molecule has 0 saturated heterocycles. The van der Waals surface area contributed by atoms with Crippen LogP contribution in [0, 0.1) is 5.92 Å². The van der Waals surface area contributed by atoms with E-state index < -0.39 is 0 Å². The predicted molar refractivity (Wildman–Crippen MR) is 90.3 cm³/mol. The molecule has 0 aliphatic heterocycles. The van der Waals surface area contributed by atoms with E-state index >= 15 is 0 Å². The van der Waals surface area contributed by atoms with Gasteiger partial charge in [0, 0.05) is 12.1 Å². The number of anilines is 1. The fourth-order valence-corrected chi connectivity index (χ4v) is 3.03. The Hall–Kier alpha value is -1.49. The molecule has 0 radical (unpaired) electrons. The van der Waals surface area contributed by atoms with Crippen molar-refractivity contribution in [1.82, 2.24) is 5.32 Å². The molecule has 2 atom stereocenters. The highest BCUT2D eigenvalue weighted by molar-refractivity contribution is 7.80. The largest absolute Gasteiger partial charge is 0.497 e. The van der Waals surface area contributed by atoms with E-state index in [9.17, 15) is 0 Å². The van der Waals surface area contributed by atoms with Gasteiger partial charge in [0.2, 0.25) is 0 Å². The van der Waals surface area contributed by atoms with Gasteiger partial charge in [0.05, 0.1) is 19.9 Å². The molecule has 1 saturated carbocycles. The lowest BCUT2D eigenvalue weighted by molar-refractivity contribution is 0.309. The molecule has 2 N–H and O–H groups in total. The summed E-state index contributed by atoms with van der Waals surface area (Å²) in [5.41, 5.74) is 0.817. The Morgan fingerprint density at radius 1 is 1.19 bits per heavy atom. The summed E-state index contributed by atoms with van der Waals surface area (Å²) >= 11 is 5.44. The topological polar surface area (TPSA) is 42.5 Å². The molecule has 0 bridgehead atoms. The first-order valence-electron chi connectivity index (χ1n) is 7.43. The lowest BCUT2D eigenvalue weighted by atomic mass is 9.86. The zero-order valence-electron chi connectivity index (χ0n) is 12.9. The summed E-state index contributed by atoms with van der Waals surface area (Å²) in [6.07, 6.45) is 5.04. The monoisotopic (exact) mass is 308 g/mol. The van der Waals surface area contributed by atoms with Crippen molar-refractivity contribution in [3.05, 3.63) is 18.2 Å². The lowest BCUT2D eigenvalue weighted by Gasteiger charge is -2.30. The number of methoxy groups -OCH3 is 2. The van der Waals surface area contributed by atoms with Crippen LogP contribution >= 0.6 is 12.2 Å². The summed E-state index contributed by atoms with van der Waals surface area (Å²) in [4.78, 5) is 0. The minimum Gasteiger partial charge on any atom is -0.497 e. The molecule has 5 heteroatoms. The third kappa shape index (κ3) is 4.24. The average molecular weight is 308 g/mol. The number of thiocarbonyl (C=S) groups is 1. The van der Waals surface area contributed by atoms with E-state index in [1.807, 2.05) is 18.2 Å². The highest BCUT2D eigenvalue weighted by Crippen LogP contribution is 2.29. The van der Waals surface area contributed by atoms with Crippen molar-refractivity contribution in [2.24, 2.45) is 5.92 Å². The van der Waals surface area contributed by atoms with Gasteiger partial charge in [0.1, 0.15) is 11.5 Å². The third-order valence-corrected chi connectivity index (χ3v) is 4.30. The van der Waals surface area contributed by atoms with Crippen LogP contribution in [0.15, 0.2) is 18.2 Å². The quantitative estimate of drug-likeness (QED) is 0.832. The fourth-order valence-electron chi connectivity index (χ4n) is 2.77. The Morgan fingerprint density at radius 3 is 2.62 bits per heavy atom. The van der Waals surface area contributed by atoms with E-state index in [0.29, 0.717) is 17.1 Å². The van der Waals surface area contributed by atoms with Crippen LogP contribution in [0.2, 0.25) is 0 Å². The molecule has 0 amide bonds. The first-order valence-corrected chi connectivity index (χ1v) is 7.84. The number of ether oxygens (including phenoxy) is 2. The first kappa shape index (κ1) is 15.9. The molecule has 116 valence electrons. The zero-order chi connectivity index (χ0) is 15.2. The van der Waals surface area contributed by atoms with Gasteiger partial charge in [-0.3, -0.25) is 0 Å². The van der Waals surface area contributed by atoms with Crippen molar-refractivity contribution >= 4 is 23.0 Å². The van der Waals surface area contributed by atoms with Crippen LogP contribution < -0.4 is 20.1 Å². The molecule has 0 spiro atoms. The van der Waals surface area contributed by atoms with Gasteiger partial charge in [-0.25, -0.2) is 0 Å². The van der Waals surface area contributed by atoms with Gasteiger partial charge in [-0.05, 0) is 43.1 Å². The second-order valence-electron chi connectivity index (χ2n) is 5.53. The van der Waals surface area contributed by atoms with Crippen molar-refractivity contribution in [1.29, 1.82) is 0 Å². The second-order valence-corrected chi connectivity index (χ2v) is 5.94. The number of rotatable bonds is 4. The molecule has 21 heavy (non-hydrogen) atoms.